The summed E-state index contributed by atoms with van der Waals surface area (Å²) in [6.07, 6.45) is 5.68. The minimum absolute atomic E-state index is 0. The zero-order valence-corrected chi connectivity index (χ0v) is 29.1. The molecule has 0 amide bonds. The number of benzene rings is 5. The summed E-state index contributed by atoms with van der Waals surface area (Å²) >= 11 is 1.84. The van der Waals surface area contributed by atoms with Crippen LogP contribution in [0.4, 0.5) is 0 Å². The van der Waals surface area contributed by atoms with Crippen LogP contribution in [-0.2, 0) is 26.5 Å². The van der Waals surface area contributed by atoms with Gasteiger partial charge in [0.05, 0.1) is 11.2 Å². The molecule has 0 radical (unpaired) electrons. The number of fused-ring (bicyclic) bond motifs is 11. The molecule has 9 aromatic rings. The van der Waals surface area contributed by atoms with Crippen LogP contribution in [0.5, 0.6) is 11.5 Å². The van der Waals surface area contributed by atoms with E-state index in [0.717, 1.165) is 49.6 Å². The van der Waals surface area contributed by atoms with Crippen molar-refractivity contribution >= 4 is 61.0 Å². The summed E-state index contributed by atoms with van der Waals surface area (Å²) < 4.78 is 10.8. The molecule has 0 unspecified atom stereocenters. The van der Waals surface area contributed by atoms with Crippen molar-refractivity contribution in [3.63, 3.8) is 0 Å². The third-order valence-electron chi connectivity index (χ3n) is 9.53. The molecule has 0 saturated carbocycles. The van der Waals surface area contributed by atoms with Gasteiger partial charge in [0.1, 0.15) is 5.65 Å². The number of pyridine rings is 2. The van der Waals surface area contributed by atoms with Gasteiger partial charge in [-0.3, -0.25) is 4.98 Å². The van der Waals surface area contributed by atoms with Crippen LogP contribution in [0.1, 0.15) is 25.0 Å². The third kappa shape index (κ3) is 4.22. The van der Waals surface area contributed by atoms with Gasteiger partial charge in [0.2, 0.25) is 0 Å². The van der Waals surface area contributed by atoms with Crippen LogP contribution < -0.4 is 4.74 Å². The van der Waals surface area contributed by atoms with Crippen molar-refractivity contribution in [3.8, 4) is 17.2 Å². The van der Waals surface area contributed by atoms with Crippen molar-refractivity contribution in [2.45, 2.75) is 29.1 Å². The van der Waals surface area contributed by atoms with Gasteiger partial charge in [-0.25, -0.2) is 4.98 Å². The van der Waals surface area contributed by atoms with Gasteiger partial charge in [0.25, 0.3) is 0 Å². The smallest absolute Gasteiger partial charge is 0.503 e. The van der Waals surface area contributed by atoms with Gasteiger partial charge in [-0.1, -0.05) is 84.5 Å². The minimum atomic E-state index is -0.119. The Balaban J connectivity index is 0.00000314. The molecule has 0 aliphatic carbocycles. The summed E-state index contributed by atoms with van der Waals surface area (Å²) in [4.78, 5) is 12.1. The second-order valence-electron chi connectivity index (χ2n) is 12.6. The van der Waals surface area contributed by atoms with Crippen LogP contribution in [0.3, 0.4) is 0 Å². The van der Waals surface area contributed by atoms with Gasteiger partial charge >= 0.3 is 21.1 Å². The Hall–Kier alpha value is -4.90. The molecule has 0 fully saturated rings. The van der Waals surface area contributed by atoms with Crippen LogP contribution in [0.15, 0.2) is 132 Å². The van der Waals surface area contributed by atoms with Crippen molar-refractivity contribution in [3.05, 3.63) is 145 Å². The van der Waals surface area contributed by atoms with Crippen LogP contribution in [0.25, 0.3) is 54.9 Å². The number of hydrogen-bond donors (Lipinski definition) is 0. The molecule has 7 heteroatoms. The van der Waals surface area contributed by atoms with Crippen molar-refractivity contribution in [1.29, 1.82) is 0 Å². The molecule has 0 N–H and O–H groups in total. The summed E-state index contributed by atoms with van der Waals surface area (Å²) in [5, 5.41) is 5.45. The molecule has 4 aromatic heterocycles. The maximum absolute atomic E-state index is 6.46. The topological polar surface area (TPSA) is 44.4 Å². The van der Waals surface area contributed by atoms with E-state index in [-0.39, 0.29) is 26.5 Å². The summed E-state index contributed by atoms with van der Waals surface area (Å²) in [5.74, 6) is 1.21. The average Bonchev–Trinajstić information content (AvgIpc) is 3.72. The van der Waals surface area contributed by atoms with Gasteiger partial charge < -0.3 is 13.7 Å². The van der Waals surface area contributed by atoms with Gasteiger partial charge in [-0.15, -0.1) is 30.3 Å². The van der Waals surface area contributed by atoms with Crippen LogP contribution in [-0.4, -0.2) is 18.9 Å². The van der Waals surface area contributed by atoms with Crippen molar-refractivity contribution < 1.29 is 25.8 Å². The van der Waals surface area contributed by atoms with E-state index in [9.17, 15) is 0 Å². The predicted molar refractivity (Wildman–Crippen MR) is 189 cm³/mol. The SMILES string of the molecule is CC1(C)c2ccccc2Sc2cc3c(cc21)c1cccnc1n3-c1[c-]c(Oc2[c-]c3c(cc2)c2ccccc2n2ccnc32)ccc1.[Pt+2]. The fourth-order valence-electron chi connectivity index (χ4n) is 7.30. The van der Waals surface area contributed by atoms with Crippen LogP contribution >= 0.6 is 11.8 Å². The molecule has 5 aromatic carbocycles. The number of aromatic nitrogens is 4. The first-order chi connectivity index (χ1) is 23.0. The Kier molecular flexibility index (Phi) is 6.59. The van der Waals surface area contributed by atoms with E-state index in [2.05, 4.69) is 119 Å². The van der Waals surface area contributed by atoms with E-state index >= 15 is 0 Å². The van der Waals surface area contributed by atoms with Gasteiger partial charge in [0.15, 0.2) is 0 Å². The molecular formula is C41H26N4OPtS. The largest absolute Gasteiger partial charge is 2.00 e. The second-order valence-corrected chi connectivity index (χ2v) is 13.6. The van der Waals surface area contributed by atoms with E-state index in [1.807, 2.05) is 54.6 Å². The number of ether oxygens (including phenoxy) is 1. The van der Waals surface area contributed by atoms with Gasteiger partial charge in [0, 0.05) is 61.6 Å². The average molecular weight is 818 g/mol. The van der Waals surface area contributed by atoms with E-state index in [0.29, 0.717) is 11.5 Å². The minimum Gasteiger partial charge on any atom is -0.503 e. The molecule has 5 nitrogen and oxygen atoms in total. The number of nitrogens with zero attached hydrogens (tertiary/aromatic N) is 4. The Morgan fingerprint density at radius 3 is 2.40 bits per heavy atom. The molecule has 0 spiro atoms. The molecular weight excluding hydrogens is 792 g/mol. The van der Waals surface area contributed by atoms with Crippen molar-refractivity contribution in [2.24, 2.45) is 0 Å². The molecule has 0 bridgehead atoms. The summed E-state index contributed by atoms with van der Waals surface area (Å²) in [7, 11) is 0. The Morgan fingerprint density at radius 1 is 0.646 bits per heavy atom. The Labute approximate surface area is 295 Å². The standard InChI is InChI=1S/C41H26N4OS.Pt/c1-41(2)33-13-4-6-15-37(33)47-38-24-36-31(23-34(38)41)30-12-8-18-42-40(30)45(36)25-9-7-10-26(21-25)46-27-16-17-28-29-11-3-5-14-35(29)44-20-19-43-39(44)32(28)22-27;/h3-20,23-24H,1-2H3;/q-2;+2. The number of hydrogen-bond acceptors (Lipinski definition) is 4. The van der Waals surface area contributed by atoms with Crippen molar-refractivity contribution in [1.82, 2.24) is 18.9 Å². The maximum atomic E-state index is 6.46. The monoisotopic (exact) mass is 817 g/mol. The number of rotatable bonds is 3. The summed E-state index contributed by atoms with van der Waals surface area (Å²) in [6.45, 7) is 4.65. The zero-order chi connectivity index (χ0) is 31.3. The van der Waals surface area contributed by atoms with E-state index in [4.69, 9.17) is 9.72 Å². The van der Waals surface area contributed by atoms with Crippen LogP contribution in [0, 0.1) is 12.1 Å². The van der Waals surface area contributed by atoms with Crippen molar-refractivity contribution in [2.75, 3.05) is 0 Å². The van der Waals surface area contributed by atoms with E-state index < -0.39 is 0 Å². The van der Waals surface area contributed by atoms with Gasteiger partial charge in [-0.05, 0) is 52.9 Å². The third-order valence-corrected chi connectivity index (χ3v) is 10.7. The maximum Gasteiger partial charge on any atom is 2.00 e. The molecule has 10 rings (SSSR count). The Bertz CT molecular complexity index is 2740. The molecule has 1 aliphatic rings. The zero-order valence-electron chi connectivity index (χ0n) is 26.0. The Morgan fingerprint density at radius 2 is 1.46 bits per heavy atom. The second kappa shape index (κ2) is 10.8. The van der Waals surface area contributed by atoms with E-state index in [1.165, 1.54) is 26.3 Å². The predicted octanol–water partition coefficient (Wildman–Crippen LogP) is 10.3. The first-order valence-corrected chi connectivity index (χ1v) is 16.5. The summed E-state index contributed by atoms with van der Waals surface area (Å²) in [5.41, 5.74) is 7.40. The molecule has 232 valence electrons. The first kappa shape index (κ1) is 29.3. The molecule has 48 heavy (non-hydrogen) atoms. The number of imidazole rings is 1. The fraction of sp³-hybridized carbons (Fsp3) is 0.0732. The molecule has 5 heterocycles. The normalized spacial score (nSPS) is 13.5. The quantitative estimate of drug-likeness (QED) is 0.132. The summed E-state index contributed by atoms with van der Waals surface area (Å²) in [6, 6.07) is 43.1. The molecule has 0 atom stereocenters. The first-order valence-electron chi connectivity index (χ1n) is 15.7. The van der Waals surface area contributed by atoms with E-state index in [1.54, 1.807) is 0 Å². The molecule has 0 saturated heterocycles. The fourth-order valence-corrected chi connectivity index (χ4v) is 8.71. The molecule has 1 aliphatic heterocycles. The number of para-hydroxylation sites is 1. The van der Waals surface area contributed by atoms with Crippen LogP contribution in [0.2, 0.25) is 0 Å². The van der Waals surface area contributed by atoms with Gasteiger partial charge in [-0.2, -0.15) is 6.07 Å².